The van der Waals surface area contributed by atoms with Gasteiger partial charge in [-0.2, -0.15) is 15.6 Å². The summed E-state index contributed by atoms with van der Waals surface area (Å²) in [5.41, 5.74) is 3.07. The summed E-state index contributed by atoms with van der Waals surface area (Å²) in [4.78, 5) is 0. The number of unbranched alkanes of at least 4 members (excludes halogenated alkanes) is 1. The summed E-state index contributed by atoms with van der Waals surface area (Å²) < 4.78 is 5.58. The van der Waals surface area contributed by atoms with Crippen LogP contribution in [0.1, 0.15) is 19.8 Å². The van der Waals surface area contributed by atoms with Gasteiger partial charge in [0.15, 0.2) is 0 Å². The zero-order chi connectivity index (χ0) is 13.2. The lowest BCUT2D eigenvalue weighted by atomic mass is 10.3. The molecule has 1 rings (SSSR count). The molecule has 0 saturated heterocycles. The number of hydrogen-bond acceptors (Lipinski definition) is 5. The summed E-state index contributed by atoms with van der Waals surface area (Å²) in [7, 11) is 0. The lowest BCUT2D eigenvalue weighted by molar-refractivity contribution is 0.311. The normalized spacial score (nSPS) is 8.83. The highest BCUT2D eigenvalue weighted by Crippen LogP contribution is 2.23. The molecule has 0 amide bonds. The smallest absolute Gasteiger partial charge is 0.237 e. The van der Waals surface area contributed by atoms with Crippen molar-refractivity contribution in [3.05, 3.63) is 24.3 Å². The molecule has 0 fully saturated rings. The molecule has 1 aromatic carbocycles. The number of hydrogen-bond donors (Lipinski definition) is 1. The highest BCUT2D eigenvalue weighted by atomic mass is 16.5. The van der Waals surface area contributed by atoms with Crippen LogP contribution in [0, 0.1) is 22.7 Å². The van der Waals surface area contributed by atoms with Crippen molar-refractivity contribution >= 4 is 11.4 Å². The van der Waals surface area contributed by atoms with Gasteiger partial charge in [-0.05, 0) is 18.6 Å². The van der Waals surface area contributed by atoms with Gasteiger partial charge < -0.3 is 4.74 Å². The minimum absolute atomic E-state index is 0.224. The van der Waals surface area contributed by atoms with Crippen LogP contribution < -0.4 is 10.2 Å². The minimum Gasteiger partial charge on any atom is -0.491 e. The van der Waals surface area contributed by atoms with Crippen molar-refractivity contribution in [1.82, 2.24) is 0 Å². The molecule has 5 heteroatoms. The minimum atomic E-state index is -0.224. The van der Waals surface area contributed by atoms with E-state index in [-0.39, 0.29) is 5.71 Å². The van der Waals surface area contributed by atoms with E-state index >= 15 is 0 Å². The van der Waals surface area contributed by atoms with E-state index in [1.807, 2.05) is 18.2 Å². The number of nitriles is 2. The number of benzene rings is 1. The molecule has 0 aliphatic heterocycles. The first kappa shape index (κ1) is 13.5. The van der Waals surface area contributed by atoms with Gasteiger partial charge >= 0.3 is 0 Å². The molecule has 0 spiro atoms. The second-order valence-corrected chi connectivity index (χ2v) is 3.49. The highest BCUT2D eigenvalue weighted by Gasteiger charge is 2.02. The Morgan fingerprint density at radius 1 is 1.33 bits per heavy atom. The third-order valence-corrected chi connectivity index (χ3v) is 2.14. The molecule has 0 heterocycles. The average Bonchev–Trinajstić information content (AvgIpc) is 2.41. The Kier molecular flexibility index (Phi) is 5.79. The van der Waals surface area contributed by atoms with Gasteiger partial charge in [0.1, 0.15) is 17.9 Å². The molecule has 92 valence electrons. The monoisotopic (exact) mass is 242 g/mol. The SMILES string of the molecule is CCCCOc1ccccc1NN=C(C#N)C#N. The zero-order valence-electron chi connectivity index (χ0n) is 10.2. The molecule has 0 aromatic heterocycles. The first-order chi connectivity index (χ1) is 8.81. The fraction of sp³-hybridized carbons (Fsp3) is 0.308. The van der Waals surface area contributed by atoms with Crippen LogP contribution in [0.25, 0.3) is 0 Å². The molecule has 18 heavy (non-hydrogen) atoms. The molecule has 1 aromatic rings. The molecular weight excluding hydrogens is 228 g/mol. The summed E-state index contributed by atoms with van der Waals surface area (Å²) in [5.74, 6) is 0.657. The zero-order valence-corrected chi connectivity index (χ0v) is 10.2. The van der Waals surface area contributed by atoms with Crippen molar-refractivity contribution in [1.29, 1.82) is 10.5 Å². The van der Waals surface area contributed by atoms with E-state index in [0.29, 0.717) is 18.0 Å². The van der Waals surface area contributed by atoms with E-state index in [2.05, 4.69) is 17.5 Å². The maximum absolute atomic E-state index is 8.57. The van der Waals surface area contributed by atoms with E-state index in [9.17, 15) is 0 Å². The van der Waals surface area contributed by atoms with Crippen LogP contribution in [-0.4, -0.2) is 12.3 Å². The van der Waals surface area contributed by atoms with Crippen molar-refractivity contribution in [2.24, 2.45) is 5.10 Å². The van der Waals surface area contributed by atoms with E-state index < -0.39 is 0 Å². The number of nitrogens with zero attached hydrogens (tertiary/aromatic N) is 3. The van der Waals surface area contributed by atoms with Gasteiger partial charge in [0.05, 0.1) is 12.3 Å². The molecule has 0 aliphatic rings. The molecule has 0 saturated carbocycles. The Bertz CT molecular complexity index is 480. The first-order valence-corrected chi connectivity index (χ1v) is 5.67. The maximum atomic E-state index is 8.57. The second kappa shape index (κ2) is 7.70. The topological polar surface area (TPSA) is 81.2 Å². The number of anilines is 1. The number of ether oxygens (including phenoxy) is 1. The van der Waals surface area contributed by atoms with Crippen LogP contribution in [0.4, 0.5) is 5.69 Å². The van der Waals surface area contributed by atoms with Gasteiger partial charge in [0.2, 0.25) is 5.71 Å². The quantitative estimate of drug-likeness (QED) is 0.472. The predicted molar refractivity (Wildman–Crippen MR) is 69.1 cm³/mol. The lowest BCUT2D eigenvalue weighted by Gasteiger charge is -2.09. The molecule has 0 radical (unpaired) electrons. The summed E-state index contributed by atoms with van der Waals surface area (Å²) in [6.45, 7) is 2.71. The summed E-state index contributed by atoms with van der Waals surface area (Å²) in [6, 6.07) is 10.6. The fourth-order valence-corrected chi connectivity index (χ4v) is 1.20. The number of nitrogens with one attached hydrogen (secondary N) is 1. The Morgan fingerprint density at radius 2 is 2.06 bits per heavy atom. The third kappa shape index (κ3) is 4.15. The van der Waals surface area contributed by atoms with E-state index in [1.54, 1.807) is 18.2 Å². The Labute approximate surface area is 106 Å². The van der Waals surface area contributed by atoms with Crippen molar-refractivity contribution in [3.8, 4) is 17.9 Å². The number of para-hydroxylation sites is 2. The van der Waals surface area contributed by atoms with Crippen molar-refractivity contribution in [2.45, 2.75) is 19.8 Å². The summed E-state index contributed by atoms with van der Waals surface area (Å²) in [5, 5.41) is 20.8. The van der Waals surface area contributed by atoms with Crippen LogP contribution >= 0.6 is 0 Å². The maximum Gasteiger partial charge on any atom is 0.237 e. The fourth-order valence-electron chi connectivity index (χ4n) is 1.20. The molecule has 0 atom stereocenters. The first-order valence-electron chi connectivity index (χ1n) is 5.67. The second-order valence-electron chi connectivity index (χ2n) is 3.49. The van der Waals surface area contributed by atoms with Crippen LogP contribution in [-0.2, 0) is 0 Å². The summed E-state index contributed by atoms with van der Waals surface area (Å²) in [6.07, 6.45) is 2.03. The molecule has 1 N–H and O–H groups in total. The van der Waals surface area contributed by atoms with Crippen LogP contribution in [0.5, 0.6) is 5.75 Å². The van der Waals surface area contributed by atoms with Gasteiger partial charge in [0.25, 0.3) is 0 Å². The lowest BCUT2D eigenvalue weighted by Crippen LogP contribution is -2.01. The van der Waals surface area contributed by atoms with Crippen LogP contribution in [0.15, 0.2) is 29.4 Å². The molecular formula is C13H14N4O. The Hall–Kier alpha value is -2.53. The van der Waals surface area contributed by atoms with Gasteiger partial charge in [-0.3, -0.25) is 5.43 Å². The molecule has 5 nitrogen and oxygen atoms in total. The summed E-state index contributed by atoms with van der Waals surface area (Å²) >= 11 is 0. The molecule has 0 aliphatic carbocycles. The Balaban J connectivity index is 2.74. The largest absolute Gasteiger partial charge is 0.491 e. The van der Waals surface area contributed by atoms with Gasteiger partial charge in [-0.1, -0.05) is 25.5 Å². The van der Waals surface area contributed by atoms with E-state index in [0.717, 1.165) is 12.8 Å². The van der Waals surface area contributed by atoms with Crippen molar-refractivity contribution in [3.63, 3.8) is 0 Å². The molecule has 0 bridgehead atoms. The van der Waals surface area contributed by atoms with E-state index in [1.165, 1.54) is 0 Å². The average molecular weight is 242 g/mol. The van der Waals surface area contributed by atoms with Gasteiger partial charge in [-0.15, -0.1) is 0 Å². The highest BCUT2D eigenvalue weighted by molar-refractivity contribution is 6.10. The van der Waals surface area contributed by atoms with Crippen LogP contribution in [0.3, 0.4) is 0 Å². The third-order valence-electron chi connectivity index (χ3n) is 2.14. The predicted octanol–water partition coefficient (Wildman–Crippen LogP) is 2.68. The van der Waals surface area contributed by atoms with Crippen LogP contribution in [0.2, 0.25) is 0 Å². The van der Waals surface area contributed by atoms with Gasteiger partial charge in [0, 0.05) is 0 Å². The number of hydrazone groups is 1. The van der Waals surface area contributed by atoms with Crippen molar-refractivity contribution < 1.29 is 4.74 Å². The van der Waals surface area contributed by atoms with E-state index in [4.69, 9.17) is 15.3 Å². The Morgan fingerprint density at radius 3 is 2.72 bits per heavy atom. The number of rotatable bonds is 6. The van der Waals surface area contributed by atoms with Gasteiger partial charge in [-0.25, -0.2) is 0 Å². The molecule has 0 unspecified atom stereocenters. The standard InChI is InChI=1S/C13H14N4O/c1-2-3-8-18-13-7-5-4-6-12(13)17-16-11(9-14)10-15/h4-7,17H,2-3,8H2,1H3. The van der Waals surface area contributed by atoms with Crippen molar-refractivity contribution in [2.75, 3.05) is 12.0 Å².